The molecule has 0 fully saturated rings. The number of anilines is 1. The van der Waals surface area contributed by atoms with Gasteiger partial charge in [0, 0.05) is 0 Å². The fourth-order valence-corrected chi connectivity index (χ4v) is 2.69. The molecule has 0 aromatic heterocycles. The Kier molecular flexibility index (Phi) is 3.79. The van der Waals surface area contributed by atoms with Crippen molar-refractivity contribution in [1.29, 1.82) is 5.26 Å². The van der Waals surface area contributed by atoms with Gasteiger partial charge in [0.15, 0.2) is 0 Å². The minimum absolute atomic E-state index is 0.0282. The van der Waals surface area contributed by atoms with Crippen molar-refractivity contribution in [2.75, 3.05) is 18.0 Å². The minimum Gasteiger partial charge on any atom is -0.482 e. The van der Waals surface area contributed by atoms with Crippen LogP contribution in [0.4, 0.5) is 5.69 Å². The standard InChI is InChI=1S/C18H18N2O/c1-2-14-8-9-17-16(12-14)20(11-10-19)13-18(21-17)15-6-4-3-5-7-15/h3-9,12,18H,2,11,13H2,1H3. The first-order valence-corrected chi connectivity index (χ1v) is 7.28. The first-order valence-electron chi connectivity index (χ1n) is 7.28. The molecular weight excluding hydrogens is 260 g/mol. The molecule has 3 heteroatoms. The van der Waals surface area contributed by atoms with Gasteiger partial charge in [-0.05, 0) is 29.7 Å². The second kappa shape index (κ2) is 5.88. The molecule has 1 atom stereocenters. The van der Waals surface area contributed by atoms with Gasteiger partial charge in [-0.1, -0.05) is 43.3 Å². The third kappa shape index (κ3) is 2.71. The number of ether oxygens (including phenoxy) is 1. The van der Waals surface area contributed by atoms with Gasteiger partial charge in [-0.2, -0.15) is 5.26 Å². The summed E-state index contributed by atoms with van der Waals surface area (Å²) in [5.74, 6) is 0.863. The van der Waals surface area contributed by atoms with Crippen LogP contribution < -0.4 is 9.64 Å². The highest BCUT2D eigenvalue weighted by Crippen LogP contribution is 2.38. The SMILES string of the molecule is CCc1ccc2c(c1)N(CC#N)CC(c1ccccc1)O2. The van der Waals surface area contributed by atoms with Crippen LogP contribution in [0.15, 0.2) is 48.5 Å². The fourth-order valence-electron chi connectivity index (χ4n) is 2.69. The molecule has 1 aliphatic heterocycles. The van der Waals surface area contributed by atoms with Gasteiger partial charge in [0.1, 0.15) is 18.4 Å². The first kappa shape index (κ1) is 13.5. The second-order valence-electron chi connectivity index (χ2n) is 5.21. The van der Waals surface area contributed by atoms with Gasteiger partial charge in [0.2, 0.25) is 0 Å². The Labute approximate surface area is 125 Å². The summed E-state index contributed by atoms with van der Waals surface area (Å²) in [6.45, 7) is 3.22. The molecule has 21 heavy (non-hydrogen) atoms. The fraction of sp³-hybridized carbons (Fsp3) is 0.278. The van der Waals surface area contributed by atoms with Crippen molar-refractivity contribution in [1.82, 2.24) is 0 Å². The van der Waals surface area contributed by atoms with Crippen molar-refractivity contribution >= 4 is 5.69 Å². The van der Waals surface area contributed by atoms with Gasteiger partial charge in [-0.15, -0.1) is 0 Å². The van der Waals surface area contributed by atoms with Crippen molar-refractivity contribution in [2.45, 2.75) is 19.4 Å². The molecule has 1 aliphatic rings. The summed E-state index contributed by atoms with van der Waals surface area (Å²) >= 11 is 0. The summed E-state index contributed by atoms with van der Waals surface area (Å²) in [6, 6.07) is 18.7. The average Bonchev–Trinajstić information content (AvgIpc) is 2.55. The van der Waals surface area contributed by atoms with Gasteiger partial charge in [0.05, 0.1) is 18.3 Å². The summed E-state index contributed by atoms with van der Waals surface area (Å²) in [5.41, 5.74) is 3.44. The molecule has 1 unspecified atom stereocenters. The Morgan fingerprint density at radius 3 is 2.76 bits per heavy atom. The molecule has 2 aromatic carbocycles. The highest BCUT2D eigenvalue weighted by atomic mass is 16.5. The molecule has 0 saturated heterocycles. The van der Waals surface area contributed by atoms with E-state index in [1.54, 1.807) is 0 Å². The van der Waals surface area contributed by atoms with Crippen LogP contribution in [0.2, 0.25) is 0 Å². The Hall–Kier alpha value is -2.47. The molecule has 0 bridgehead atoms. The summed E-state index contributed by atoms with van der Waals surface area (Å²) in [4.78, 5) is 2.11. The molecule has 0 amide bonds. The molecule has 0 radical (unpaired) electrons. The Morgan fingerprint density at radius 2 is 2.05 bits per heavy atom. The normalized spacial score (nSPS) is 16.8. The topological polar surface area (TPSA) is 36.3 Å². The van der Waals surface area contributed by atoms with Gasteiger partial charge < -0.3 is 9.64 Å². The molecule has 3 rings (SSSR count). The second-order valence-corrected chi connectivity index (χ2v) is 5.21. The van der Waals surface area contributed by atoms with Crippen molar-refractivity contribution in [3.8, 4) is 11.8 Å². The molecule has 0 spiro atoms. The number of hydrogen-bond acceptors (Lipinski definition) is 3. The highest BCUT2D eigenvalue weighted by molar-refractivity contribution is 5.62. The maximum atomic E-state index is 9.09. The summed E-state index contributed by atoms with van der Waals surface area (Å²) in [6.07, 6.45) is 0.954. The zero-order chi connectivity index (χ0) is 14.7. The van der Waals surface area contributed by atoms with Crippen LogP contribution in [0.25, 0.3) is 0 Å². The Balaban J connectivity index is 1.96. The van der Waals surface area contributed by atoms with Crippen LogP contribution in [0.1, 0.15) is 24.2 Å². The lowest BCUT2D eigenvalue weighted by molar-refractivity contribution is 0.198. The molecule has 106 valence electrons. The molecule has 0 aliphatic carbocycles. The van der Waals surface area contributed by atoms with E-state index in [1.807, 2.05) is 24.3 Å². The highest BCUT2D eigenvalue weighted by Gasteiger charge is 2.26. The zero-order valence-electron chi connectivity index (χ0n) is 12.1. The van der Waals surface area contributed by atoms with E-state index in [9.17, 15) is 0 Å². The van der Waals surface area contributed by atoms with Crippen LogP contribution in [0, 0.1) is 11.3 Å². The predicted octanol–water partition coefficient (Wildman–Crippen LogP) is 3.71. The number of fused-ring (bicyclic) bond motifs is 1. The van der Waals surface area contributed by atoms with Gasteiger partial charge in [-0.25, -0.2) is 0 Å². The van der Waals surface area contributed by atoms with Crippen LogP contribution in [0.5, 0.6) is 5.75 Å². The lowest BCUT2D eigenvalue weighted by Crippen LogP contribution is -2.35. The van der Waals surface area contributed by atoms with E-state index in [0.29, 0.717) is 13.1 Å². The van der Waals surface area contributed by atoms with Gasteiger partial charge in [-0.3, -0.25) is 0 Å². The van der Waals surface area contributed by atoms with E-state index < -0.39 is 0 Å². The third-order valence-electron chi connectivity index (χ3n) is 3.86. The molecule has 0 saturated carbocycles. The zero-order valence-corrected chi connectivity index (χ0v) is 12.1. The molecule has 0 N–H and O–H groups in total. The van der Waals surface area contributed by atoms with E-state index in [0.717, 1.165) is 23.4 Å². The first-order chi connectivity index (χ1) is 10.3. The van der Waals surface area contributed by atoms with E-state index in [2.05, 4.69) is 42.2 Å². The predicted molar refractivity (Wildman–Crippen MR) is 83.5 cm³/mol. The quantitative estimate of drug-likeness (QED) is 0.803. The van der Waals surface area contributed by atoms with Crippen molar-refractivity contribution < 1.29 is 4.74 Å². The Bertz CT molecular complexity index is 661. The number of nitrogens with zero attached hydrogens (tertiary/aromatic N) is 2. The molecule has 3 nitrogen and oxygen atoms in total. The number of hydrogen-bond donors (Lipinski definition) is 0. The summed E-state index contributed by atoms with van der Waals surface area (Å²) < 4.78 is 6.14. The number of nitriles is 1. The van der Waals surface area contributed by atoms with Crippen molar-refractivity contribution in [3.63, 3.8) is 0 Å². The van der Waals surface area contributed by atoms with Crippen LogP contribution in [-0.4, -0.2) is 13.1 Å². The molecular formula is C18H18N2O. The van der Waals surface area contributed by atoms with E-state index >= 15 is 0 Å². The largest absolute Gasteiger partial charge is 0.482 e. The van der Waals surface area contributed by atoms with Crippen molar-refractivity contribution in [3.05, 3.63) is 59.7 Å². The number of benzene rings is 2. The maximum Gasteiger partial charge on any atom is 0.143 e. The van der Waals surface area contributed by atoms with Gasteiger partial charge >= 0.3 is 0 Å². The molecule has 1 heterocycles. The summed E-state index contributed by atoms with van der Waals surface area (Å²) in [5, 5.41) is 9.09. The van der Waals surface area contributed by atoms with E-state index in [4.69, 9.17) is 10.00 Å². The average molecular weight is 278 g/mol. The number of aryl methyl sites for hydroxylation is 1. The summed E-state index contributed by atoms with van der Waals surface area (Å²) in [7, 11) is 0. The van der Waals surface area contributed by atoms with E-state index in [-0.39, 0.29) is 6.10 Å². The lowest BCUT2D eigenvalue weighted by Gasteiger charge is -2.35. The lowest BCUT2D eigenvalue weighted by atomic mass is 10.0. The van der Waals surface area contributed by atoms with Crippen LogP contribution in [0.3, 0.4) is 0 Å². The van der Waals surface area contributed by atoms with Crippen LogP contribution in [-0.2, 0) is 6.42 Å². The maximum absolute atomic E-state index is 9.09. The smallest absolute Gasteiger partial charge is 0.143 e. The minimum atomic E-state index is -0.0282. The third-order valence-corrected chi connectivity index (χ3v) is 3.86. The van der Waals surface area contributed by atoms with Crippen molar-refractivity contribution in [2.24, 2.45) is 0 Å². The monoisotopic (exact) mass is 278 g/mol. The van der Waals surface area contributed by atoms with Gasteiger partial charge in [0.25, 0.3) is 0 Å². The number of rotatable bonds is 3. The molecule has 2 aromatic rings. The van der Waals surface area contributed by atoms with E-state index in [1.165, 1.54) is 5.56 Å². The van der Waals surface area contributed by atoms with Crippen LogP contribution >= 0.6 is 0 Å². The Morgan fingerprint density at radius 1 is 1.24 bits per heavy atom.